The topological polar surface area (TPSA) is 46.0 Å². The van der Waals surface area contributed by atoms with E-state index in [1.54, 1.807) is 7.11 Å². The summed E-state index contributed by atoms with van der Waals surface area (Å²) in [4.78, 5) is 0. The summed E-state index contributed by atoms with van der Waals surface area (Å²) in [5.74, 6) is 0. The van der Waals surface area contributed by atoms with Gasteiger partial charge >= 0.3 is 0 Å². The van der Waals surface area contributed by atoms with Crippen LogP contribution < -0.4 is 5.32 Å². The van der Waals surface area contributed by atoms with Crippen molar-refractivity contribution in [2.45, 2.75) is 57.7 Å². The van der Waals surface area contributed by atoms with Crippen LogP contribution in [0.1, 0.15) is 46.0 Å². The molecule has 1 aliphatic rings. The van der Waals surface area contributed by atoms with E-state index in [1.165, 1.54) is 19.3 Å². The van der Waals surface area contributed by atoms with Crippen LogP contribution in [0, 0.1) is 0 Å². The molecule has 1 aliphatic carbocycles. The van der Waals surface area contributed by atoms with Crippen LogP contribution in [-0.2, 0) is 4.74 Å². The normalized spacial score (nSPS) is 18.7. The van der Waals surface area contributed by atoms with Gasteiger partial charge in [0.1, 0.15) is 5.66 Å². The molecular formula is C11H21N3OS. The number of ether oxygens (including phenoxy) is 1. The SMILES string of the molecule is COC(=S)NC(C)(C)/N=N/C1CCCCC1. The zero-order valence-corrected chi connectivity index (χ0v) is 11.1. The Morgan fingerprint density at radius 2 is 1.94 bits per heavy atom. The van der Waals surface area contributed by atoms with E-state index >= 15 is 0 Å². The van der Waals surface area contributed by atoms with Crippen molar-refractivity contribution in [2.75, 3.05) is 7.11 Å². The van der Waals surface area contributed by atoms with Crippen LogP contribution >= 0.6 is 12.2 Å². The number of hydrogen-bond donors (Lipinski definition) is 1. The number of nitrogens with zero attached hydrogens (tertiary/aromatic N) is 2. The molecule has 0 aliphatic heterocycles. The first-order valence-electron chi connectivity index (χ1n) is 5.81. The standard InChI is InChI=1S/C11H21N3OS/c1-11(2,12-10(16)15-3)14-13-9-7-5-4-6-8-9/h9H,4-8H2,1-3H3,(H,12,16)/b14-13+. The number of nitrogens with one attached hydrogen (secondary N) is 1. The minimum Gasteiger partial charge on any atom is -0.474 e. The van der Waals surface area contributed by atoms with Crippen molar-refractivity contribution in [1.29, 1.82) is 0 Å². The zero-order chi connectivity index (χ0) is 12.0. The molecule has 0 radical (unpaired) electrons. The highest BCUT2D eigenvalue weighted by atomic mass is 32.1. The van der Waals surface area contributed by atoms with E-state index < -0.39 is 5.66 Å². The first kappa shape index (κ1) is 13.4. The molecule has 0 bridgehead atoms. The molecule has 0 amide bonds. The highest BCUT2D eigenvalue weighted by molar-refractivity contribution is 7.80. The van der Waals surface area contributed by atoms with Crippen molar-refractivity contribution < 1.29 is 4.74 Å². The number of hydrogen-bond acceptors (Lipinski definition) is 4. The molecule has 4 nitrogen and oxygen atoms in total. The summed E-state index contributed by atoms with van der Waals surface area (Å²) >= 11 is 4.94. The van der Waals surface area contributed by atoms with Crippen molar-refractivity contribution in [1.82, 2.24) is 5.32 Å². The third-order valence-corrected chi connectivity index (χ3v) is 2.91. The maximum absolute atomic E-state index is 4.94. The number of methoxy groups -OCH3 is 1. The van der Waals surface area contributed by atoms with Crippen LogP contribution in [0.15, 0.2) is 10.2 Å². The van der Waals surface area contributed by atoms with Crippen LogP contribution in [0.25, 0.3) is 0 Å². The van der Waals surface area contributed by atoms with Gasteiger partial charge in [-0.1, -0.05) is 19.3 Å². The second kappa shape index (κ2) is 6.13. The van der Waals surface area contributed by atoms with Crippen LogP contribution in [0.4, 0.5) is 0 Å². The first-order valence-corrected chi connectivity index (χ1v) is 6.22. The molecule has 0 aromatic rings. The molecule has 0 spiro atoms. The lowest BCUT2D eigenvalue weighted by Gasteiger charge is -2.23. The van der Waals surface area contributed by atoms with Gasteiger partial charge in [-0.05, 0) is 38.9 Å². The lowest BCUT2D eigenvalue weighted by molar-refractivity contribution is 0.341. The van der Waals surface area contributed by atoms with Gasteiger partial charge < -0.3 is 10.1 Å². The summed E-state index contributed by atoms with van der Waals surface area (Å²) in [6.07, 6.45) is 6.20. The van der Waals surface area contributed by atoms with E-state index in [2.05, 4.69) is 15.5 Å². The van der Waals surface area contributed by atoms with E-state index in [0.29, 0.717) is 11.2 Å². The van der Waals surface area contributed by atoms with E-state index in [1.807, 2.05) is 13.8 Å². The highest BCUT2D eigenvalue weighted by Crippen LogP contribution is 2.21. The first-order chi connectivity index (χ1) is 7.53. The lowest BCUT2D eigenvalue weighted by Crippen LogP contribution is -2.41. The molecular weight excluding hydrogens is 222 g/mol. The molecule has 5 heteroatoms. The van der Waals surface area contributed by atoms with Crippen molar-refractivity contribution in [3.05, 3.63) is 0 Å². The second-order valence-corrected chi connectivity index (χ2v) is 5.05. The summed E-state index contributed by atoms with van der Waals surface area (Å²) in [5, 5.41) is 12.1. The fraction of sp³-hybridized carbons (Fsp3) is 0.909. The van der Waals surface area contributed by atoms with Crippen molar-refractivity contribution in [3.63, 3.8) is 0 Å². The van der Waals surface area contributed by atoms with Crippen LogP contribution in [0.5, 0.6) is 0 Å². The predicted octanol–water partition coefficient (Wildman–Crippen LogP) is 3.03. The molecule has 1 N–H and O–H groups in total. The largest absolute Gasteiger partial charge is 0.474 e. The quantitative estimate of drug-likeness (QED) is 0.612. The number of thiocarbonyl (C=S) groups is 1. The molecule has 1 saturated carbocycles. The summed E-state index contributed by atoms with van der Waals surface area (Å²) in [6, 6.07) is 0.394. The van der Waals surface area contributed by atoms with Gasteiger partial charge in [-0.15, -0.1) is 0 Å². The average molecular weight is 243 g/mol. The van der Waals surface area contributed by atoms with Gasteiger partial charge in [-0.2, -0.15) is 10.2 Å². The maximum atomic E-state index is 4.94. The Morgan fingerprint density at radius 1 is 1.31 bits per heavy atom. The molecule has 0 aromatic heterocycles. The predicted molar refractivity (Wildman–Crippen MR) is 68.6 cm³/mol. The van der Waals surface area contributed by atoms with Gasteiger partial charge in [0.2, 0.25) is 0 Å². The Balaban J connectivity index is 2.43. The van der Waals surface area contributed by atoms with Crippen LogP contribution in [0.2, 0.25) is 0 Å². The Kier molecular flexibility index (Phi) is 5.12. The van der Waals surface area contributed by atoms with Gasteiger partial charge in [0.15, 0.2) is 0 Å². The van der Waals surface area contributed by atoms with Gasteiger partial charge in [0.25, 0.3) is 5.17 Å². The van der Waals surface area contributed by atoms with E-state index in [9.17, 15) is 0 Å². The van der Waals surface area contributed by atoms with E-state index in [-0.39, 0.29) is 0 Å². The van der Waals surface area contributed by atoms with Gasteiger partial charge in [-0.25, -0.2) is 0 Å². The maximum Gasteiger partial charge on any atom is 0.258 e. The summed E-state index contributed by atoms with van der Waals surface area (Å²) in [5.41, 5.74) is -0.482. The van der Waals surface area contributed by atoms with Crippen LogP contribution in [0.3, 0.4) is 0 Å². The Labute approximate surface area is 103 Å². The fourth-order valence-electron chi connectivity index (χ4n) is 1.75. The fourth-order valence-corrected chi connectivity index (χ4v) is 2.00. The summed E-state index contributed by atoms with van der Waals surface area (Å²) in [7, 11) is 1.55. The zero-order valence-electron chi connectivity index (χ0n) is 10.3. The third kappa shape index (κ3) is 4.88. The Bertz CT molecular complexity index is 260. The van der Waals surface area contributed by atoms with Crippen molar-refractivity contribution in [3.8, 4) is 0 Å². The summed E-state index contributed by atoms with van der Waals surface area (Å²) in [6.45, 7) is 3.87. The molecule has 0 atom stereocenters. The number of rotatable bonds is 3. The van der Waals surface area contributed by atoms with Gasteiger partial charge in [0, 0.05) is 0 Å². The van der Waals surface area contributed by atoms with Gasteiger partial charge in [0.05, 0.1) is 13.2 Å². The molecule has 16 heavy (non-hydrogen) atoms. The smallest absolute Gasteiger partial charge is 0.258 e. The monoisotopic (exact) mass is 243 g/mol. The van der Waals surface area contributed by atoms with Crippen LogP contribution in [-0.4, -0.2) is 24.0 Å². The molecule has 0 saturated heterocycles. The molecule has 92 valence electrons. The Hall–Kier alpha value is -0.710. The molecule has 1 rings (SSSR count). The Morgan fingerprint density at radius 3 is 2.50 bits per heavy atom. The average Bonchev–Trinajstić information content (AvgIpc) is 2.27. The minimum atomic E-state index is -0.482. The molecule has 0 unspecified atom stereocenters. The van der Waals surface area contributed by atoms with Crippen molar-refractivity contribution in [2.24, 2.45) is 10.2 Å². The van der Waals surface area contributed by atoms with E-state index in [0.717, 1.165) is 12.8 Å². The van der Waals surface area contributed by atoms with Gasteiger partial charge in [-0.3, -0.25) is 0 Å². The summed E-state index contributed by atoms with van der Waals surface area (Å²) < 4.78 is 4.90. The number of azo groups is 1. The lowest BCUT2D eigenvalue weighted by atomic mass is 9.96. The molecule has 0 aromatic carbocycles. The molecule has 1 fully saturated rings. The van der Waals surface area contributed by atoms with Crippen molar-refractivity contribution >= 4 is 17.4 Å². The highest BCUT2D eigenvalue weighted by Gasteiger charge is 2.19. The minimum absolute atomic E-state index is 0.354. The second-order valence-electron chi connectivity index (χ2n) is 4.68. The molecule has 0 heterocycles. The van der Waals surface area contributed by atoms with E-state index in [4.69, 9.17) is 17.0 Å². The third-order valence-electron chi connectivity index (χ3n) is 2.64.